The molecule has 3 nitrogen and oxygen atoms in total. The smallest absolute Gasteiger partial charge is 0.0948 e. The lowest BCUT2D eigenvalue weighted by Crippen LogP contribution is -2.25. The van der Waals surface area contributed by atoms with Crippen LogP contribution < -0.4 is 5.73 Å². The molecule has 2 N–H and O–H groups in total. The lowest BCUT2D eigenvalue weighted by Gasteiger charge is -2.14. The van der Waals surface area contributed by atoms with Crippen molar-refractivity contribution in [3.63, 3.8) is 0 Å². The topological polar surface area (TPSA) is 43.8 Å². The molecule has 0 amide bonds. The second-order valence-electron chi connectivity index (χ2n) is 4.26. The monoisotopic (exact) mass is 195 g/mol. The van der Waals surface area contributed by atoms with Crippen molar-refractivity contribution < 1.29 is 0 Å². The Hall–Kier alpha value is -0.830. The van der Waals surface area contributed by atoms with Crippen molar-refractivity contribution in [3.8, 4) is 0 Å². The molecule has 1 unspecified atom stereocenters. The van der Waals surface area contributed by atoms with Gasteiger partial charge in [0.15, 0.2) is 0 Å². The van der Waals surface area contributed by atoms with Crippen LogP contribution in [0.5, 0.6) is 0 Å². The van der Waals surface area contributed by atoms with E-state index < -0.39 is 0 Å². The summed E-state index contributed by atoms with van der Waals surface area (Å²) in [6.45, 7) is 7.51. The molecule has 1 aromatic heterocycles. The fourth-order valence-electron chi connectivity index (χ4n) is 1.76. The van der Waals surface area contributed by atoms with Crippen LogP contribution in [0.2, 0.25) is 0 Å². The molecular formula is C11H21N3. The van der Waals surface area contributed by atoms with Crippen molar-refractivity contribution in [2.24, 2.45) is 11.7 Å². The van der Waals surface area contributed by atoms with Crippen LogP contribution in [0.4, 0.5) is 0 Å². The van der Waals surface area contributed by atoms with Crippen LogP contribution in [-0.2, 0) is 13.0 Å². The highest BCUT2D eigenvalue weighted by Crippen LogP contribution is 2.09. The molecule has 3 heteroatoms. The zero-order chi connectivity index (χ0) is 10.6. The Bertz CT molecular complexity index is 265. The predicted molar refractivity (Wildman–Crippen MR) is 59.0 cm³/mol. The molecule has 80 valence electrons. The highest BCUT2D eigenvalue weighted by atomic mass is 15.0. The fourth-order valence-corrected chi connectivity index (χ4v) is 1.76. The van der Waals surface area contributed by atoms with Crippen LogP contribution in [0.3, 0.4) is 0 Å². The van der Waals surface area contributed by atoms with Crippen molar-refractivity contribution in [1.29, 1.82) is 0 Å². The third-order valence-corrected chi connectivity index (χ3v) is 2.38. The van der Waals surface area contributed by atoms with Gasteiger partial charge in [-0.1, -0.05) is 13.8 Å². The average molecular weight is 195 g/mol. The number of hydrogen-bond acceptors (Lipinski definition) is 2. The Morgan fingerprint density at radius 3 is 2.79 bits per heavy atom. The third-order valence-electron chi connectivity index (χ3n) is 2.38. The number of aromatic nitrogens is 2. The van der Waals surface area contributed by atoms with Crippen molar-refractivity contribution in [3.05, 3.63) is 18.2 Å². The number of imidazole rings is 1. The SMILES string of the molecule is CCn1cncc1CC(N)CC(C)C. The van der Waals surface area contributed by atoms with Gasteiger partial charge < -0.3 is 10.3 Å². The van der Waals surface area contributed by atoms with Crippen molar-refractivity contribution in [2.75, 3.05) is 0 Å². The second-order valence-corrected chi connectivity index (χ2v) is 4.26. The molecule has 0 aliphatic rings. The zero-order valence-electron chi connectivity index (χ0n) is 9.40. The van der Waals surface area contributed by atoms with Crippen LogP contribution in [-0.4, -0.2) is 15.6 Å². The number of rotatable bonds is 5. The summed E-state index contributed by atoms with van der Waals surface area (Å²) in [5.41, 5.74) is 7.30. The van der Waals surface area contributed by atoms with Gasteiger partial charge in [-0.3, -0.25) is 0 Å². The summed E-state index contributed by atoms with van der Waals surface area (Å²) in [7, 11) is 0. The van der Waals surface area contributed by atoms with Crippen LogP contribution in [0.1, 0.15) is 32.9 Å². The molecule has 1 rings (SSSR count). The van der Waals surface area contributed by atoms with E-state index in [4.69, 9.17) is 5.73 Å². The molecule has 0 spiro atoms. The lowest BCUT2D eigenvalue weighted by atomic mass is 10.0. The molecule has 0 aliphatic heterocycles. The van der Waals surface area contributed by atoms with Crippen LogP contribution in [0, 0.1) is 5.92 Å². The molecule has 0 bridgehead atoms. The molecule has 0 saturated carbocycles. The van der Waals surface area contributed by atoms with E-state index in [1.54, 1.807) is 0 Å². The summed E-state index contributed by atoms with van der Waals surface area (Å²) in [6.07, 6.45) is 5.81. The molecule has 1 atom stereocenters. The number of nitrogens with zero attached hydrogens (tertiary/aromatic N) is 2. The largest absolute Gasteiger partial charge is 0.335 e. The molecule has 0 fully saturated rings. The molecular weight excluding hydrogens is 174 g/mol. The van der Waals surface area contributed by atoms with E-state index in [1.165, 1.54) is 5.69 Å². The normalized spacial score (nSPS) is 13.5. The van der Waals surface area contributed by atoms with Crippen LogP contribution in [0.15, 0.2) is 12.5 Å². The van der Waals surface area contributed by atoms with Gasteiger partial charge in [-0.05, 0) is 19.3 Å². The minimum Gasteiger partial charge on any atom is -0.335 e. The summed E-state index contributed by atoms with van der Waals surface area (Å²) < 4.78 is 2.15. The van der Waals surface area contributed by atoms with Gasteiger partial charge in [-0.25, -0.2) is 4.98 Å². The maximum Gasteiger partial charge on any atom is 0.0948 e. The van der Waals surface area contributed by atoms with Gasteiger partial charge >= 0.3 is 0 Å². The van der Waals surface area contributed by atoms with E-state index in [-0.39, 0.29) is 6.04 Å². The van der Waals surface area contributed by atoms with Gasteiger partial charge in [0.1, 0.15) is 0 Å². The summed E-state index contributed by atoms with van der Waals surface area (Å²) in [4.78, 5) is 4.13. The third kappa shape index (κ3) is 3.14. The Morgan fingerprint density at radius 1 is 1.50 bits per heavy atom. The molecule has 0 aromatic carbocycles. The summed E-state index contributed by atoms with van der Waals surface area (Å²) >= 11 is 0. The van der Waals surface area contributed by atoms with Crippen LogP contribution >= 0.6 is 0 Å². The van der Waals surface area contributed by atoms with Gasteiger partial charge in [-0.2, -0.15) is 0 Å². The van der Waals surface area contributed by atoms with Gasteiger partial charge in [-0.15, -0.1) is 0 Å². The van der Waals surface area contributed by atoms with Crippen molar-refractivity contribution >= 4 is 0 Å². The number of aryl methyl sites for hydroxylation is 1. The molecule has 1 aromatic rings. The van der Waals surface area contributed by atoms with Gasteiger partial charge in [0.25, 0.3) is 0 Å². The first-order valence-corrected chi connectivity index (χ1v) is 5.38. The zero-order valence-corrected chi connectivity index (χ0v) is 9.40. The predicted octanol–water partition coefficient (Wildman–Crippen LogP) is 1.82. The minimum atomic E-state index is 0.261. The first-order chi connectivity index (χ1) is 6.63. The average Bonchev–Trinajstić information content (AvgIpc) is 2.50. The standard InChI is InChI=1S/C11H21N3/c1-4-14-8-13-7-11(14)6-10(12)5-9(2)3/h7-10H,4-6,12H2,1-3H3. The first kappa shape index (κ1) is 11.2. The first-order valence-electron chi connectivity index (χ1n) is 5.38. The van der Waals surface area contributed by atoms with E-state index >= 15 is 0 Å². The highest BCUT2D eigenvalue weighted by Gasteiger charge is 2.09. The Balaban J connectivity index is 2.51. The Kier molecular flexibility index (Phi) is 4.14. The van der Waals surface area contributed by atoms with Crippen LogP contribution in [0.25, 0.3) is 0 Å². The van der Waals surface area contributed by atoms with Crippen molar-refractivity contribution in [1.82, 2.24) is 9.55 Å². The van der Waals surface area contributed by atoms with Gasteiger partial charge in [0, 0.05) is 30.9 Å². The summed E-state index contributed by atoms with van der Waals surface area (Å²) in [5.74, 6) is 0.669. The molecule has 0 aliphatic carbocycles. The van der Waals surface area contributed by atoms with E-state index in [2.05, 4.69) is 30.3 Å². The van der Waals surface area contributed by atoms with E-state index in [9.17, 15) is 0 Å². The summed E-state index contributed by atoms with van der Waals surface area (Å²) in [5, 5.41) is 0. The van der Waals surface area contributed by atoms with Gasteiger partial charge in [0.2, 0.25) is 0 Å². The molecule has 0 radical (unpaired) electrons. The molecule has 1 heterocycles. The molecule has 0 saturated heterocycles. The number of hydrogen-bond donors (Lipinski definition) is 1. The highest BCUT2D eigenvalue weighted by molar-refractivity contribution is 5.00. The van der Waals surface area contributed by atoms with Gasteiger partial charge in [0.05, 0.1) is 6.33 Å². The Labute approximate surface area is 86.3 Å². The fraction of sp³-hybridized carbons (Fsp3) is 0.727. The molecule has 14 heavy (non-hydrogen) atoms. The van der Waals surface area contributed by atoms with E-state index in [1.807, 2.05) is 12.5 Å². The quantitative estimate of drug-likeness (QED) is 0.779. The maximum atomic E-state index is 6.05. The second kappa shape index (κ2) is 5.15. The summed E-state index contributed by atoms with van der Waals surface area (Å²) in [6, 6.07) is 0.261. The number of nitrogens with two attached hydrogens (primary N) is 1. The van der Waals surface area contributed by atoms with Crippen molar-refractivity contribution in [2.45, 2.75) is 46.2 Å². The van der Waals surface area contributed by atoms with E-state index in [0.29, 0.717) is 5.92 Å². The van der Waals surface area contributed by atoms with E-state index in [0.717, 1.165) is 19.4 Å². The Morgan fingerprint density at radius 2 is 2.21 bits per heavy atom. The lowest BCUT2D eigenvalue weighted by molar-refractivity contribution is 0.484. The maximum absolute atomic E-state index is 6.05. The minimum absolute atomic E-state index is 0.261.